The fourth-order valence-electron chi connectivity index (χ4n) is 1.92. The summed E-state index contributed by atoms with van der Waals surface area (Å²) < 4.78 is 37.5. The molecule has 0 unspecified atom stereocenters. The van der Waals surface area contributed by atoms with Crippen LogP contribution in [0.1, 0.15) is 50.2 Å². The normalized spacial score (nSPS) is 11.6. The lowest BCUT2D eigenvalue weighted by Gasteiger charge is -2.08. The first-order chi connectivity index (χ1) is 8.93. The minimum absolute atomic E-state index is 0.00966. The number of halogens is 3. The van der Waals surface area contributed by atoms with Gasteiger partial charge in [-0.3, -0.25) is 4.79 Å². The lowest BCUT2D eigenvalue weighted by atomic mass is 10.0. The molecular formula is C15H19F3O. The van der Waals surface area contributed by atoms with E-state index >= 15 is 0 Å². The standard InChI is InChI=1S/C15H19F3O/c1-2-3-4-5-9-14(19)11-12-7-6-8-13(10-12)15(16,17)18/h6-8,10H,2-5,9,11H2,1H3. The average Bonchev–Trinajstić information content (AvgIpc) is 2.34. The molecule has 0 amide bonds. The Kier molecular flexibility index (Phi) is 6.06. The molecule has 0 aliphatic rings. The fourth-order valence-corrected chi connectivity index (χ4v) is 1.92. The van der Waals surface area contributed by atoms with Crippen molar-refractivity contribution in [2.75, 3.05) is 0 Å². The van der Waals surface area contributed by atoms with Gasteiger partial charge in [-0.1, -0.05) is 44.4 Å². The zero-order chi connectivity index (χ0) is 14.3. The van der Waals surface area contributed by atoms with Crippen LogP contribution >= 0.6 is 0 Å². The molecule has 0 spiro atoms. The molecule has 0 radical (unpaired) electrons. The van der Waals surface area contributed by atoms with Crippen LogP contribution in [0.3, 0.4) is 0 Å². The van der Waals surface area contributed by atoms with Gasteiger partial charge >= 0.3 is 6.18 Å². The molecule has 0 saturated carbocycles. The van der Waals surface area contributed by atoms with Crippen molar-refractivity contribution in [1.82, 2.24) is 0 Å². The average molecular weight is 272 g/mol. The minimum atomic E-state index is -4.35. The van der Waals surface area contributed by atoms with E-state index in [2.05, 4.69) is 6.92 Å². The van der Waals surface area contributed by atoms with Gasteiger partial charge in [-0.05, 0) is 18.1 Å². The summed E-state index contributed by atoms with van der Waals surface area (Å²) in [6.45, 7) is 2.09. The second-order valence-corrected chi connectivity index (χ2v) is 4.72. The van der Waals surface area contributed by atoms with E-state index in [1.54, 1.807) is 6.07 Å². The maximum Gasteiger partial charge on any atom is 0.416 e. The Morgan fingerprint density at radius 1 is 1.16 bits per heavy atom. The van der Waals surface area contributed by atoms with Crippen molar-refractivity contribution in [3.8, 4) is 0 Å². The number of hydrogen-bond donors (Lipinski definition) is 0. The summed E-state index contributed by atoms with van der Waals surface area (Å²) in [4.78, 5) is 11.7. The predicted octanol–water partition coefficient (Wildman–Crippen LogP) is 4.79. The number of ketones is 1. The minimum Gasteiger partial charge on any atom is -0.299 e. The van der Waals surface area contributed by atoms with E-state index in [-0.39, 0.29) is 12.2 Å². The molecule has 106 valence electrons. The Labute approximate surface area is 111 Å². The lowest BCUT2D eigenvalue weighted by molar-refractivity contribution is -0.137. The van der Waals surface area contributed by atoms with E-state index in [1.165, 1.54) is 6.07 Å². The molecule has 19 heavy (non-hydrogen) atoms. The number of alkyl halides is 3. The summed E-state index contributed by atoms with van der Waals surface area (Å²) in [6.07, 6.45) is 0.224. The number of rotatable bonds is 7. The monoisotopic (exact) mass is 272 g/mol. The molecule has 0 fully saturated rings. The third-order valence-electron chi connectivity index (χ3n) is 2.96. The molecule has 0 heterocycles. The van der Waals surface area contributed by atoms with Gasteiger partial charge in [0.15, 0.2) is 0 Å². The molecule has 1 nitrogen and oxygen atoms in total. The summed E-state index contributed by atoms with van der Waals surface area (Å²) in [6, 6.07) is 5.00. The molecule has 0 N–H and O–H groups in total. The summed E-state index contributed by atoms with van der Waals surface area (Å²) >= 11 is 0. The van der Waals surface area contributed by atoms with Crippen molar-refractivity contribution >= 4 is 5.78 Å². The van der Waals surface area contributed by atoms with Crippen LogP contribution in [-0.4, -0.2) is 5.78 Å². The highest BCUT2D eigenvalue weighted by Crippen LogP contribution is 2.29. The Hall–Kier alpha value is -1.32. The highest BCUT2D eigenvalue weighted by Gasteiger charge is 2.30. The van der Waals surface area contributed by atoms with Crippen LogP contribution in [0.25, 0.3) is 0 Å². The first-order valence-electron chi connectivity index (χ1n) is 6.61. The van der Waals surface area contributed by atoms with Crippen LogP contribution in [0.15, 0.2) is 24.3 Å². The first kappa shape index (κ1) is 15.7. The van der Waals surface area contributed by atoms with Crippen molar-refractivity contribution in [3.05, 3.63) is 35.4 Å². The largest absolute Gasteiger partial charge is 0.416 e. The van der Waals surface area contributed by atoms with E-state index in [1.807, 2.05) is 0 Å². The molecule has 0 aromatic heterocycles. The van der Waals surface area contributed by atoms with E-state index in [4.69, 9.17) is 0 Å². The van der Waals surface area contributed by atoms with Crippen molar-refractivity contribution in [2.24, 2.45) is 0 Å². The van der Waals surface area contributed by atoms with Gasteiger partial charge in [-0.25, -0.2) is 0 Å². The predicted molar refractivity (Wildman–Crippen MR) is 68.9 cm³/mol. The van der Waals surface area contributed by atoms with Gasteiger partial charge in [-0.15, -0.1) is 0 Å². The number of carbonyl (C=O) groups excluding carboxylic acids is 1. The molecule has 0 aliphatic carbocycles. The quantitative estimate of drug-likeness (QED) is 0.652. The first-order valence-corrected chi connectivity index (χ1v) is 6.61. The topological polar surface area (TPSA) is 17.1 Å². The van der Waals surface area contributed by atoms with Crippen molar-refractivity contribution in [2.45, 2.75) is 51.6 Å². The molecule has 1 aromatic rings. The summed E-state index contributed by atoms with van der Waals surface area (Å²) in [5.74, 6) is 0.00966. The number of benzene rings is 1. The Morgan fingerprint density at radius 3 is 2.53 bits per heavy atom. The van der Waals surface area contributed by atoms with Crippen LogP contribution in [0, 0.1) is 0 Å². The van der Waals surface area contributed by atoms with E-state index in [0.29, 0.717) is 12.0 Å². The van der Waals surface area contributed by atoms with Crippen LogP contribution in [0.5, 0.6) is 0 Å². The molecule has 0 saturated heterocycles. The van der Waals surface area contributed by atoms with Gasteiger partial charge in [0.1, 0.15) is 5.78 Å². The Morgan fingerprint density at radius 2 is 1.89 bits per heavy atom. The molecule has 1 rings (SSSR count). The number of Topliss-reactive ketones (excluding diaryl/α,β-unsaturated/α-hetero) is 1. The summed E-state index contributed by atoms with van der Waals surface area (Å²) in [5, 5.41) is 0. The third kappa shape index (κ3) is 5.90. The second-order valence-electron chi connectivity index (χ2n) is 4.72. The third-order valence-corrected chi connectivity index (χ3v) is 2.96. The van der Waals surface area contributed by atoms with Gasteiger partial charge in [0.05, 0.1) is 5.56 Å². The number of carbonyl (C=O) groups is 1. The number of unbranched alkanes of at least 4 members (excludes halogenated alkanes) is 3. The zero-order valence-electron chi connectivity index (χ0n) is 11.1. The molecule has 1 aromatic carbocycles. The van der Waals surface area contributed by atoms with Gasteiger partial charge in [-0.2, -0.15) is 13.2 Å². The Bertz CT molecular complexity index is 410. The highest BCUT2D eigenvalue weighted by atomic mass is 19.4. The fraction of sp³-hybridized carbons (Fsp3) is 0.533. The molecular weight excluding hydrogens is 253 g/mol. The van der Waals surface area contributed by atoms with E-state index < -0.39 is 11.7 Å². The maximum absolute atomic E-state index is 12.5. The van der Waals surface area contributed by atoms with Crippen LogP contribution < -0.4 is 0 Å². The second kappa shape index (κ2) is 7.31. The molecule has 0 aliphatic heterocycles. The van der Waals surface area contributed by atoms with Crippen molar-refractivity contribution in [3.63, 3.8) is 0 Å². The van der Waals surface area contributed by atoms with Gasteiger partial charge in [0.2, 0.25) is 0 Å². The maximum atomic E-state index is 12.5. The van der Waals surface area contributed by atoms with Crippen LogP contribution in [0.2, 0.25) is 0 Å². The van der Waals surface area contributed by atoms with E-state index in [9.17, 15) is 18.0 Å². The summed E-state index contributed by atoms with van der Waals surface area (Å²) in [7, 11) is 0. The summed E-state index contributed by atoms with van der Waals surface area (Å²) in [5.41, 5.74) is -0.251. The Balaban J connectivity index is 2.50. The highest BCUT2D eigenvalue weighted by molar-refractivity contribution is 5.80. The number of hydrogen-bond acceptors (Lipinski definition) is 1. The smallest absolute Gasteiger partial charge is 0.299 e. The van der Waals surface area contributed by atoms with Gasteiger partial charge in [0, 0.05) is 12.8 Å². The lowest BCUT2D eigenvalue weighted by Crippen LogP contribution is -2.07. The SMILES string of the molecule is CCCCCCC(=O)Cc1cccc(C(F)(F)F)c1. The molecule has 4 heteroatoms. The molecule has 0 bridgehead atoms. The van der Waals surface area contributed by atoms with Gasteiger partial charge < -0.3 is 0 Å². The van der Waals surface area contributed by atoms with E-state index in [0.717, 1.165) is 37.8 Å². The van der Waals surface area contributed by atoms with Crippen LogP contribution in [0.4, 0.5) is 13.2 Å². The van der Waals surface area contributed by atoms with Crippen molar-refractivity contribution < 1.29 is 18.0 Å². The van der Waals surface area contributed by atoms with Crippen molar-refractivity contribution in [1.29, 1.82) is 0 Å². The molecule has 0 atom stereocenters. The zero-order valence-corrected chi connectivity index (χ0v) is 11.1. The van der Waals surface area contributed by atoms with Crippen LogP contribution in [-0.2, 0) is 17.4 Å². The van der Waals surface area contributed by atoms with Gasteiger partial charge in [0.25, 0.3) is 0 Å².